The molecule has 0 aliphatic heterocycles. The maximum absolute atomic E-state index is 4.24. The van der Waals surface area contributed by atoms with E-state index in [1.807, 2.05) is 36.6 Å². The number of nitrogens with one attached hydrogen (secondary N) is 1. The van der Waals surface area contributed by atoms with Crippen LogP contribution in [-0.2, 0) is 0 Å². The van der Waals surface area contributed by atoms with E-state index in [-0.39, 0.29) is 0 Å². The molecule has 0 spiro atoms. The summed E-state index contributed by atoms with van der Waals surface area (Å²) in [6.45, 7) is 1.96. The Bertz CT molecular complexity index is 507. The van der Waals surface area contributed by atoms with Gasteiger partial charge in [0.25, 0.3) is 0 Å². The van der Waals surface area contributed by atoms with Gasteiger partial charge in [-0.1, -0.05) is 28.1 Å². The van der Waals surface area contributed by atoms with Crippen LogP contribution in [0, 0.1) is 6.92 Å². The number of rotatable bonds is 3. The fraction of sp³-hybridized carbons (Fsp3) is 0.0909. The van der Waals surface area contributed by atoms with E-state index in [4.69, 9.17) is 0 Å². The van der Waals surface area contributed by atoms with Crippen LogP contribution in [0.5, 0.6) is 0 Å². The van der Waals surface area contributed by atoms with Crippen molar-refractivity contribution in [3.8, 4) is 0 Å². The molecule has 0 aliphatic carbocycles. The molecule has 16 heavy (non-hydrogen) atoms. The van der Waals surface area contributed by atoms with Crippen molar-refractivity contribution in [3.05, 3.63) is 45.4 Å². The van der Waals surface area contributed by atoms with E-state index < -0.39 is 0 Å². The van der Waals surface area contributed by atoms with Crippen LogP contribution in [0.25, 0.3) is 0 Å². The number of nitrogens with zero attached hydrogens (tertiary/aromatic N) is 2. The predicted octanol–water partition coefficient (Wildman–Crippen LogP) is 3.66. The first kappa shape index (κ1) is 11.3. The fourth-order valence-electron chi connectivity index (χ4n) is 1.15. The molecule has 2 aromatic rings. The SMILES string of the molecule is Cc1csc(N/N=C\c2cccc(Br)c2)n1. The van der Waals surface area contributed by atoms with Crippen molar-refractivity contribution >= 4 is 38.6 Å². The minimum atomic E-state index is 0.809. The molecular formula is C11H10BrN3S. The Hall–Kier alpha value is -1.20. The molecule has 0 aliphatic rings. The lowest BCUT2D eigenvalue weighted by Gasteiger charge is -1.95. The lowest BCUT2D eigenvalue weighted by molar-refractivity contribution is 1.22. The summed E-state index contributed by atoms with van der Waals surface area (Å²) in [7, 11) is 0. The van der Waals surface area contributed by atoms with Crippen LogP contribution in [0.4, 0.5) is 5.13 Å². The quantitative estimate of drug-likeness (QED) is 0.693. The number of halogens is 1. The van der Waals surface area contributed by atoms with Crippen LogP contribution in [0.2, 0.25) is 0 Å². The molecule has 0 saturated heterocycles. The van der Waals surface area contributed by atoms with Gasteiger partial charge in [-0.2, -0.15) is 5.10 Å². The maximum Gasteiger partial charge on any atom is 0.203 e. The Labute approximate surface area is 106 Å². The zero-order chi connectivity index (χ0) is 11.4. The zero-order valence-corrected chi connectivity index (χ0v) is 11.0. The molecule has 0 amide bonds. The molecule has 0 bridgehead atoms. The Morgan fingerprint density at radius 1 is 1.50 bits per heavy atom. The number of thiazole rings is 1. The highest BCUT2D eigenvalue weighted by atomic mass is 79.9. The van der Waals surface area contributed by atoms with E-state index in [2.05, 4.69) is 31.4 Å². The van der Waals surface area contributed by atoms with E-state index in [0.717, 1.165) is 20.9 Å². The first-order valence-electron chi connectivity index (χ1n) is 4.71. The Balaban J connectivity index is 2.00. The molecule has 0 saturated carbocycles. The Morgan fingerprint density at radius 2 is 2.38 bits per heavy atom. The largest absolute Gasteiger partial charge is 0.253 e. The normalized spacial score (nSPS) is 10.9. The van der Waals surface area contributed by atoms with E-state index in [9.17, 15) is 0 Å². The monoisotopic (exact) mass is 295 g/mol. The van der Waals surface area contributed by atoms with Gasteiger partial charge in [0, 0.05) is 9.85 Å². The molecule has 1 heterocycles. The summed E-state index contributed by atoms with van der Waals surface area (Å²) in [6, 6.07) is 7.94. The number of aromatic nitrogens is 1. The number of benzene rings is 1. The molecule has 0 fully saturated rings. The molecule has 0 atom stereocenters. The van der Waals surface area contributed by atoms with E-state index in [0.29, 0.717) is 0 Å². The average Bonchev–Trinajstić information content (AvgIpc) is 2.64. The molecule has 0 unspecified atom stereocenters. The van der Waals surface area contributed by atoms with Crippen molar-refractivity contribution in [1.82, 2.24) is 4.98 Å². The summed E-state index contributed by atoms with van der Waals surface area (Å²) in [5.74, 6) is 0. The molecular weight excluding hydrogens is 286 g/mol. The third-order valence-electron chi connectivity index (χ3n) is 1.84. The maximum atomic E-state index is 4.24. The van der Waals surface area contributed by atoms with Crippen molar-refractivity contribution in [2.45, 2.75) is 6.92 Å². The third-order valence-corrected chi connectivity index (χ3v) is 3.20. The van der Waals surface area contributed by atoms with Crippen molar-refractivity contribution in [3.63, 3.8) is 0 Å². The molecule has 1 aromatic carbocycles. The van der Waals surface area contributed by atoms with Gasteiger partial charge in [-0.25, -0.2) is 4.98 Å². The van der Waals surface area contributed by atoms with Crippen LogP contribution in [0.15, 0.2) is 39.2 Å². The standard InChI is InChI=1S/C11H10BrN3S/c1-8-7-16-11(14-8)15-13-6-9-3-2-4-10(12)5-9/h2-7H,1H3,(H,14,15)/b13-6-. The molecule has 1 N–H and O–H groups in total. The van der Waals surface area contributed by atoms with Crippen molar-refractivity contribution in [2.24, 2.45) is 5.10 Å². The molecule has 2 rings (SSSR count). The average molecular weight is 296 g/mol. The molecule has 1 aromatic heterocycles. The van der Waals surface area contributed by atoms with Gasteiger partial charge in [-0.3, -0.25) is 5.43 Å². The minimum Gasteiger partial charge on any atom is -0.253 e. The molecule has 3 nitrogen and oxygen atoms in total. The van der Waals surface area contributed by atoms with Gasteiger partial charge in [0.2, 0.25) is 5.13 Å². The molecule has 82 valence electrons. The highest BCUT2D eigenvalue weighted by Crippen LogP contribution is 2.14. The van der Waals surface area contributed by atoms with Gasteiger partial charge in [-0.05, 0) is 24.6 Å². The van der Waals surface area contributed by atoms with Crippen molar-refractivity contribution in [1.29, 1.82) is 0 Å². The minimum absolute atomic E-state index is 0.809. The Morgan fingerprint density at radius 3 is 3.06 bits per heavy atom. The number of hydrazone groups is 1. The Kier molecular flexibility index (Phi) is 3.69. The molecule has 5 heteroatoms. The van der Waals surface area contributed by atoms with Crippen molar-refractivity contribution < 1.29 is 0 Å². The zero-order valence-electron chi connectivity index (χ0n) is 8.64. The van der Waals surface area contributed by atoms with Gasteiger partial charge in [-0.15, -0.1) is 11.3 Å². The van der Waals surface area contributed by atoms with E-state index in [1.54, 1.807) is 17.6 Å². The second kappa shape index (κ2) is 5.23. The highest BCUT2D eigenvalue weighted by molar-refractivity contribution is 9.10. The predicted molar refractivity (Wildman–Crippen MR) is 72.2 cm³/mol. The highest BCUT2D eigenvalue weighted by Gasteiger charge is 1.94. The second-order valence-electron chi connectivity index (χ2n) is 3.22. The number of aryl methyl sites for hydroxylation is 1. The van der Waals surface area contributed by atoms with Crippen LogP contribution >= 0.6 is 27.3 Å². The van der Waals surface area contributed by atoms with E-state index >= 15 is 0 Å². The van der Waals surface area contributed by atoms with Gasteiger partial charge in [0.05, 0.1) is 11.9 Å². The van der Waals surface area contributed by atoms with Gasteiger partial charge in [0.1, 0.15) is 0 Å². The lowest BCUT2D eigenvalue weighted by Crippen LogP contribution is -1.89. The second-order valence-corrected chi connectivity index (χ2v) is 4.99. The van der Waals surface area contributed by atoms with Gasteiger partial charge < -0.3 is 0 Å². The summed E-state index contributed by atoms with van der Waals surface area (Å²) in [4.78, 5) is 4.24. The third kappa shape index (κ3) is 3.15. The van der Waals surface area contributed by atoms with Crippen molar-refractivity contribution in [2.75, 3.05) is 5.43 Å². The van der Waals surface area contributed by atoms with E-state index in [1.165, 1.54) is 0 Å². The summed E-state index contributed by atoms with van der Waals surface area (Å²) in [6.07, 6.45) is 1.77. The van der Waals surface area contributed by atoms with Gasteiger partial charge in [0.15, 0.2) is 0 Å². The first-order valence-corrected chi connectivity index (χ1v) is 6.38. The fourth-order valence-corrected chi connectivity index (χ4v) is 2.21. The van der Waals surface area contributed by atoms with Crippen LogP contribution in [0.1, 0.15) is 11.3 Å². The summed E-state index contributed by atoms with van der Waals surface area (Å²) in [5.41, 5.74) is 4.94. The summed E-state index contributed by atoms with van der Waals surface area (Å²) >= 11 is 4.95. The first-order chi connectivity index (χ1) is 7.74. The lowest BCUT2D eigenvalue weighted by atomic mass is 10.2. The topological polar surface area (TPSA) is 37.3 Å². The number of hydrogen-bond donors (Lipinski definition) is 1. The summed E-state index contributed by atoms with van der Waals surface area (Å²) < 4.78 is 1.04. The summed E-state index contributed by atoms with van der Waals surface area (Å²) in [5, 5.41) is 6.91. The van der Waals surface area contributed by atoms with Crippen LogP contribution in [0.3, 0.4) is 0 Å². The molecule has 0 radical (unpaired) electrons. The smallest absolute Gasteiger partial charge is 0.203 e. The number of hydrogen-bond acceptors (Lipinski definition) is 4. The van der Waals surface area contributed by atoms with Crippen LogP contribution in [-0.4, -0.2) is 11.2 Å². The van der Waals surface area contributed by atoms with Crippen LogP contribution < -0.4 is 5.43 Å². The number of anilines is 1. The van der Waals surface area contributed by atoms with Gasteiger partial charge >= 0.3 is 0 Å².